The third-order valence-electron chi connectivity index (χ3n) is 1.56. The molecule has 0 fully saturated rings. The van der Waals surface area contributed by atoms with E-state index in [1.807, 2.05) is 13.8 Å². The fourth-order valence-corrected chi connectivity index (χ4v) is 0.879. The molecule has 0 bridgehead atoms. The molecule has 0 rings (SSSR count). The third kappa shape index (κ3) is 3.75. The molecule has 0 saturated carbocycles. The highest BCUT2D eigenvalue weighted by molar-refractivity contribution is 5.63. The van der Waals surface area contributed by atoms with Gasteiger partial charge in [-0.15, -0.1) is 0 Å². The van der Waals surface area contributed by atoms with E-state index in [0.717, 1.165) is 12.7 Å². The lowest BCUT2D eigenvalue weighted by atomic mass is 10.0. The lowest BCUT2D eigenvalue weighted by Crippen LogP contribution is -2.32. The van der Waals surface area contributed by atoms with Crippen molar-refractivity contribution >= 4 is 12.7 Å². The molecule has 3 heteroatoms. The van der Waals surface area contributed by atoms with Gasteiger partial charge in [0.1, 0.15) is 6.29 Å². The number of carbonyl (C=O) groups excluding carboxylic acids is 2. The second-order valence-electron chi connectivity index (χ2n) is 3.10. The minimum absolute atomic E-state index is 0.257. The van der Waals surface area contributed by atoms with Gasteiger partial charge in [-0.3, -0.25) is 4.79 Å². The van der Waals surface area contributed by atoms with E-state index in [2.05, 4.69) is 0 Å². The van der Waals surface area contributed by atoms with E-state index < -0.39 is 0 Å². The fourth-order valence-electron chi connectivity index (χ4n) is 0.879. The van der Waals surface area contributed by atoms with Crippen LogP contribution in [0, 0.1) is 5.92 Å². The standard InChI is InChI=1S/C8H15NO2/c1-7(2)4-8(5-10)9(3)6-11/h5-8H,4H2,1-3H3/t8-/m1/s1. The highest BCUT2D eigenvalue weighted by Gasteiger charge is 2.12. The van der Waals surface area contributed by atoms with Gasteiger partial charge >= 0.3 is 0 Å². The normalized spacial score (nSPS) is 12.7. The van der Waals surface area contributed by atoms with Gasteiger partial charge < -0.3 is 9.69 Å². The first-order valence-electron chi connectivity index (χ1n) is 3.74. The quantitative estimate of drug-likeness (QED) is 0.550. The molecule has 0 aromatic carbocycles. The Kier molecular flexibility index (Phi) is 4.50. The zero-order valence-electron chi connectivity index (χ0n) is 7.28. The molecule has 0 heterocycles. The van der Waals surface area contributed by atoms with E-state index in [-0.39, 0.29) is 6.04 Å². The fraction of sp³-hybridized carbons (Fsp3) is 0.750. The molecule has 0 N–H and O–H groups in total. The van der Waals surface area contributed by atoms with Gasteiger partial charge in [0.25, 0.3) is 0 Å². The number of nitrogens with zero attached hydrogens (tertiary/aromatic N) is 1. The Morgan fingerprint density at radius 1 is 1.36 bits per heavy atom. The number of carbonyl (C=O) groups is 2. The molecular weight excluding hydrogens is 142 g/mol. The number of aldehydes is 1. The molecule has 0 aromatic rings. The van der Waals surface area contributed by atoms with Crippen molar-refractivity contribution in [1.82, 2.24) is 4.90 Å². The highest BCUT2D eigenvalue weighted by atomic mass is 16.1. The van der Waals surface area contributed by atoms with Crippen LogP contribution in [0.4, 0.5) is 0 Å². The molecule has 1 amide bonds. The van der Waals surface area contributed by atoms with Crippen LogP contribution in [0.5, 0.6) is 0 Å². The topological polar surface area (TPSA) is 37.4 Å². The van der Waals surface area contributed by atoms with Gasteiger partial charge in [0.2, 0.25) is 6.41 Å². The van der Waals surface area contributed by atoms with E-state index in [9.17, 15) is 9.59 Å². The summed E-state index contributed by atoms with van der Waals surface area (Å²) in [7, 11) is 1.62. The molecule has 0 aliphatic rings. The lowest BCUT2D eigenvalue weighted by molar-refractivity contribution is -0.124. The van der Waals surface area contributed by atoms with Crippen LogP contribution in [0.25, 0.3) is 0 Å². The minimum Gasteiger partial charge on any atom is -0.339 e. The first-order valence-corrected chi connectivity index (χ1v) is 3.74. The van der Waals surface area contributed by atoms with Crippen molar-refractivity contribution in [2.75, 3.05) is 7.05 Å². The molecule has 0 radical (unpaired) electrons. The summed E-state index contributed by atoms with van der Waals surface area (Å²) in [5, 5.41) is 0. The summed E-state index contributed by atoms with van der Waals surface area (Å²) in [6.45, 7) is 4.05. The zero-order chi connectivity index (χ0) is 8.85. The van der Waals surface area contributed by atoms with Crippen LogP contribution in [-0.4, -0.2) is 30.7 Å². The molecule has 1 atom stereocenters. The SMILES string of the molecule is CC(C)C[C@H](C=O)N(C)C=O. The minimum atomic E-state index is -0.257. The van der Waals surface area contributed by atoms with Crippen molar-refractivity contribution in [3.63, 3.8) is 0 Å². The first-order chi connectivity index (χ1) is 5.11. The van der Waals surface area contributed by atoms with Gasteiger partial charge in [-0.05, 0) is 12.3 Å². The van der Waals surface area contributed by atoms with Crippen molar-refractivity contribution in [1.29, 1.82) is 0 Å². The second-order valence-corrected chi connectivity index (χ2v) is 3.10. The van der Waals surface area contributed by atoms with Crippen LogP contribution in [0.1, 0.15) is 20.3 Å². The average molecular weight is 157 g/mol. The molecule has 0 aliphatic heterocycles. The molecule has 0 aliphatic carbocycles. The molecular formula is C8H15NO2. The Labute approximate surface area is 67.4 Å². The van der Waals surface area contributed by atoms with Crippen LogP contribution >= 0.6 is 0 Å². The van der Waals surface area contributed by atoms with Crippen molar-refractivity contribution < 1.29 is 9.59 Å². The summed E-state index contributed by atoms with van der Waals surface area (Å²) in [6, 6.07) is -0.257. The molecule has 3 nitrogen and oxygen atoms in total. The highest BCUT2D eigenvalue weighted by Crippen LogP contribution is 2.06. The van der Waals surface area contributed by atoms with Crippen LogP contribution in [0.3, 0.4) is 0 Å². The van der Waals surface area contributed by atoms with Gasteiger partial charge in [-0.2, -0.15) is 0 Å². The summed E-state index contributed by atoms with van der Waals surface area (Å²) < 4.78 is 0. The Balaban J connectivity index is 3.93. The second kappa shape index (κ2) is 4.88. The van der Waals surface area contributed by atoms with Gasteiger partial charge in [0, 0.05) is 7.05 Å². The molecule has 0 unspecified atom stereocenters. The van der Waals surface area contributed by atoms with Crippen molar-refractivity contribution in [2.24, 2.45) is 5.92 Å². The number of hydrogen-bond acceptors (Lipinski definition) is 2. The molecule has 64 valence electrons. The number of rotatable bonds is 5. The maximum Gasteiger partial charge on any atom is 0.210 e. The van der Waals surface area contributed by atoms with Gasteiger partial charge in [-0.25, -0.2) is 0 Å². The van der Waals surface area contributed by atoms with Crippen LogP contribution in [-0.2, 0) is 9.59 Å². The molecule has 0 aromatic heterocycles. The maximum absolute atomic E-state index is 10.4. The third-order valence-corrected chi connectivity index (χ3v) is 1.56. The maximum atomic E-state index is 10.4. The zero-order valence-corrected chi connectivity index (χ0v) is 7.28. The van der Waals surface area contributed by atoms with E-state index in [4.69, 9.17) is 0 Å². The van der Waals surface area contributed by atoms with E-state index in [1.54, 1.807) is 7.05 Å². The molecule has 11 heavy (non-hydrogen) atoms. The van der Waals surface area contributed by atoms with Crippen LogP contribution < -0.4 is 0 Å². The number of likely N-dealkylation sites (N-methyl/N-ethyl adjacent to an activating group) is 1. The Morgan fingerprint density at radius 2 is 1.91 bits per heavy atom. The predicted molar refractivity (Wildman–Crippen MR) is 43.1 cm³/mol. The summed E-state index contributed by atoms with van der Waals surface area (Å²) in [4.78, 5) is 22.1. The van der Waals surface area contributed by atoms with Crippen LogP contribution in [0.15, 0.2) is 0 Å². The van der Waals surface area contributed by atoms with Crippen molar-refractivity contribution in [3.05, 3.63) is 0 Å². The predicted octanol–water partition coefficient (Wildman–Crippen LogP) is 0.688. The number of amides is 1. The summed E-state index contributed by atoms with van der Waals surface area (Å²) >= 11 is 0. The first kappa shape index (κ1) is 10.1. The van der Waals surface area contributed by atoms with Gasteiger partial charge in [-0.1, -0.05) is 13.8 Å². The van der Waals surface area contributed by atoms with Gasteiger partial charge in [0.05, 0.1) is 6.04 Å². The Bertz CT molecular complexity index is 134. The van der Waals surface area contributed by atoms with E-state index in [1.165, 1.54) is 4.90 Å². The Hall–Kier alpha value is -0.860. The molecule has 0 spiro atoms. The van der Waals surface area contributed by atoms with Crippen molar-refractivity contribution in [3.8, 4) is 0 Å². The average Bonchev–Trinajstić information content (AvgIpc) is 1.98. The van der Waals surface area contributed by atoms with Gasteiger partial charge in [0.15, 0.2) is 0 Å². The van der Waals surface area contributed by atoms with E-state index >= 15 is 0 Å². The summed E-state index contributed by atoms with van der Waals surface area (Å²) in [5.74, 6) is 0.438. The largest absolute Gasteiger partial charge is 0.339 e. The van der Waals surface area contributed by atoms with Crippen LogP contribution in [0.2, 0.25) is 0 Å². The molecule has 0 saturated heterocycles. The van der Waals surface area contributed by atoms with Crippen molar-refractivity contribution in [2.45, 2.75) is 26.3 Å². The smallest absolute Gasteiger partial charge is 0.210 e. The number of hydrogen-bond donors (Lipinski definition) is 0. The summed E-state index contributed by atoms with van der Waals surface area (Å²) in [6.07, 6.45) is 2.23. The Morgan fingerprint density at radius 3 is 2.18 bits per heavy atom. The lowest BCUT2D eigenvalue weighted by Gasteiger charge is -2.20. The van der Waals surface area contributed by atoms with E-state index in [0.29, 0.717) is 12.3 Å². The summed E-state index contributed by atoms with van der Waals surface area (Å²) in [5.41, 5.74) is 0. The monoisotopic (exact) mass is 157 g/mol.